The fourth-order valence-corrected chi connectivity index (χ4v) is 3.35. The van der Waals surface area contributed by atoms with Crippen LogP contribution < -0.4 is 5.73 Å². The van der Waals surface area contributed by atoms with Gasteiger partial charge >= 0.3 is 0 Å². The number of aromatic nitrogens is 1. The molecule has 1 saturated carbocycles. The van der Waals surface area contributed by atoms with Gasteiger partial charge in [-0.15, -0.1) is 0 Å². The predicted molar refractivity (Wildman–Crippen MR) is 88.1 cm³/mol. The van der Waals surface area contributed by atoms with Crippen LogP contribution in [0.15, 0.2) is 36.5 Å². The molecule has 3 heteroatoms. The number of hydrogen-bond donors (Lipinski definition) is 1. The molecule has 1 aromatic carbocycles. The maximum atomic E-state index is 6.14. The van der Waals surface area contributed by atoms with E-state index in [4.69, 9.17) is 5.73 Å². The van der Waals surface area contributed by atoms with E-state index < -0.39 is 0 Å². The highest BCUT2D eigenvalue weighted by molar-refractivity contribution is 5.82. The fraction of sp³-hybridized carbons (Fsp3) is 0.500. The molecule has 0 amide bonds. The molecule has 1 unspecified atom stereocenters. The maximum absolute atomic E-state index is 6.14. The smallest absolute Gasteiger partial charge is 0.0750 e. The third-order valence-electron chi connectivity index (χ3n) is 4.81. The largest absolute Gasteiger partial charge is 0.329 e. The average molecular weight is 283 g/mol. The van der Waals surface area contributed by atoms with Crippen LogP contribution in [0.4, 0.5) is 0 Å². The van der Waals surface area contributed by atoms with Crippen LogP contribution in [-0.2, 0) is 0 Å². The molecular weight excluding hydrogens is 258 g/mol. The normalized spacial score (nSPS) is 17.1. The first-order valence-corrected chi connectivity index (χ1v) is 8.11. The lowest BCUT2D eigenvalue weighted by molar-refractivity contribution is 0.142. The molecule has 1 aliphatic rings. The molecule has 1 heterocycles. The molecule has 1 fully saturated rings. The van der Waals surface area contributed by atoms with Crippen molar-refractivity contribution in [2.24, 2.45) is 11.7 Å². The fourth-order valence-electron chi connectivity index (χ4n) is 3.35. The van der Waals surface area contributed by atoms with Crippen LogP contribution in [0, 0.1) is 5.92 Å². The molecule has 0 saturated heterocycles. The van der Waals surface area contributed by atoms with Crippen LogP contribution in [0.25, 0.3) is 10.9 Å². The molecule has 3 nitrogen and oxygen atoms in total. The van der Waals surface area contributed by atoms with E-state index in [9.17, 15) is 0 Å². The van der Waals surface area contributed by atoms with Gasteiger partial charge in [-0.05, 0) is 36.9 Å². The first-order chi connectivity index (χ1) is 10.3. The maximum Gasteiger partial charge on any atom is 0.0750 e. The molecule has 3 rings (SSSR count). The minimum absolute atomic E-state index is 0.272. The minimum atomic E-state index is 0.272. The van der Waals surface area contributed by atoms with Crippen LogP contribution >= 0.6 is 0 Å². The Morgan fingerprint density at radius 2 is 2.10 bits per heavy atom. The van der Waals surface area contributed by atoms with Crippen molar-refractivity contribution in [3.8, 4) is 0 Å². The van der Waals surface area contributed by atoms with Gasteiger partial charge < -0.3 is 5.73 Å². The van der Waals surface area contributed by atoms with Crippen molar-refractivity contribution >= 4 is 10.9 Å². The highest BCUT2D eigenvalue weighted by Gasteiger charge is 2.25. The number of benzene rings is 1. The highest BCUT2D eigenvalue weighted by atomic mass is 15.2. The van der Waals surface area contributed by atoms with Gasteiger partial charge in [-0.25, -0.2) is 0 Å². The minimum Gasteiger partial charge on any atom is -0.329 e. The van der Waals surface area contributed by atoms with Gasteiger partial charge in [-0.3, -0.25) is 9.88 Å². The second-order valence-corrected chi connectivity index (χ2v) is 6.06. The molecule has 112 valence electrons. The van der Waals surface area contributed by atoms with Gasteiger partial charge in [0.05, 0.1) is 5.52 Å². The molecule has 1 aliphatic carbocycles. The summed E-state index contributed by atoms with van der Waals surface area (Å²) in [5.41, 5.74) is 8.51. The second-order valence-electron chi connectivity index (χ2n) is 6.06. The number of hydrogen-bond acceptors (Lipinski definition) is 3. The molecule has 2 aromatic rings. The predicted octanol–water partition coefficient (Wildman–Crippen LogP) is 3.36. The van der Waals surface area contributed by atoms with Crippen molar-refractivity contribution in [3.05, 3.63) is 42.1 Å². The van der Waals surface area contributed by atoms with E-state index >= 15 is 0 Å². The van der Waals surface area contributed by atoms with Crippen LogP contribution in [0.2, 0.25) is 0 Å². The van der Waals surface area contributed by atoms with Crippen molar-refractivity contribution < 1.29 is 0 Å². The zero-order valence-electron chi connectivity index (χ0n) is 12.8. The Hall–Kier alpha value is -1.45. The van der Waals surface area contributed by atoms with Gasteiger partial charge in [0.25, 0.3) is 0 Å². The Bertz CT molecular complexity index is 587. The van der Waals surface area contributed by atoms with Crippen LogP contribution in [0.5, 0.6) is 0 Å². The Balaban J connectivity index is 1.92. The van der Waals surface area contributed by atoms with Crippen molar-refractivity contribution in [1.82, 2.24) is 9.88 Å². The van der Waals surface area contributed by atoms with E-state index in [1.807, 2.05) is 12.3 Å². The van der Waals surface area contributed by atoms with Gasteiger partial charge in [0.15, 0.2) is 0 Å². The Morgan fingerprint density at radius 3 is 2.76 bits per heavy atom. The van der Waals surface area contributed by atoms with Gasteiger partial charge in [-0.1, -0.05) is 37.6 Å². The SMILES string of the molecule is CCN(CC1CCC1)C(CN)c1cccc2cccnc12. The number of rotatable bonds is 6. The lowest BCUT2D eigenvalue weighted by Crippen LogP contribution is -2.38. The van der Waals surface area contributed by atoms with E-state index in [-0.39, 0.29) is 6.04 Å². The molecule has 1 atom stereocenters. The van der Waals surface area contributed by atoms with Crippen molar-refractivity contribution in [2.45, 2.75) is 32.2 Å². The van der Waals surface area contributed by atoms with Gasteiger partial charge in [0.2, 0.25) is 0 Å². The summed E-state index contributed by atoms with van der Waals surface area (Å²) >= 11 is 0. The molecule has 0 spiro atoms. The summed E-state index contributed by atoms with van der Waals surface area (Å²) in [7, 11) is 0. The molecule has 21 heavy (non-hydrogen) atoms. The number of pyridine rings is 1. The third kappa shape index (κ3) is 2.94. The Morgan fingerprint density at radius 1 is 1.29 bits per heavy atom. The molecule has 1 aromatic heterocycles. The average Bonchev–Trinajstić information content (AvgIpc) is 2.49. The third-order valence-corrected chi connectivity index (χ3v) is 4.81. The number of nitrogens with zero attached hydrogens (tertiary/aromatic N) is 2. The van der Waals surface area contributed by atoms with E-state index in [1.54, 1.807) is 0 Å². The monoisotopic (exact) mass is 283 g/mol. The molecule has 0 aliphatic heterocycles. The van der Waals surface area contributed by atoms with Gasteiger partial charge in [0, 0.05) is 30.7 Å². The zero-order valence-corrected chi connectivity index (χ0v) is 12.8. The van der Waals surface area contributed by atoms with Crippen LogP contribution in [-0.4, -0.2) is 29.5 Å². The number of nitrogens with two attached hydrogens (primary N) is 1. The number of para-hydroxylation sites is 1. The first-order valence-electron chi connectivity index (χ1n) is 8.11. The van der Waals surface area contributed by atoms with Crippen molar-refractivity contribution in [2.75, 3.05) is 19.6 Å². The zero-order chi connectivity index (χ0) is 14.7. The molecule has 0 bridgehead atoms. The van der Waals surface area contributed by atoms with Gasteiger partial charge in [0.1, 0.15) is 0 Å². The van der Waals surface area contributed by atoms with E-state index in [2.05, 4.69) is 41.1 Å². The summed E-state index contributed by atoms with van der Waals surface area (Å²) in [5, 5.41) is 1.20. The topological polar surface area (TPSA) is 42.1 Å². The number of likely N-dealkylation sites (N-methyl/N-ethyl adjacent to an activating group) is 1. The summed E-state index contributed by atoms with van der Waals surface area (Å²) in [6, 6.07) is 10.8. The molecule has 0 radical (unpaired) electrons. The lowest BCUT2D eigenvalue weighted by Gasteiger charge is -2.36. The van der Waals surface area contributed by atoms with Crippen LogP contribution in [0.1, 0.15) is 37.8 Å². The first kappa shape index (κ1) is 14.5. The summed E-state index contributed by atoms with van der Waals surface area (Å²) in [6.07, 6.45) is 6.02. The standard InChI is InChI=1S/C18H25N3/c1-2-21(13-14-6-3-7-14)17(12-19)16-10-4-8-15-9-5-11-20-18(15)16/h4-5,8-11,14,17H,2-3,6-7,12-13,19H2,1H3. The summed E-state index contributed by atoms with van der Waals surface area (Å²) in [6.45, 7) is 5.10. The summed E-state index contributed by atoms with van der Waals surface area (Å²) in [4.78, 5) is 7.13. The summed E-state index contributed by atoms with van der Waals surface area (Å²) in [5.74, 6) is 0.863. The Kier molecular flexibility index (Phi) is 4.51. The summed E-state index contributed by atoms with van der Waals surface area (Å²) < 4.78 is 0. The van der Waals surface area contributed by atoms with E-state index in [0.717, 1.165) is 18.0 Å². The highest BCUT2D eigenvalue weighted by Crippen LogP contribution is 2.31. The van der Waals surface area contributed by atoms with E-state index in [1.165, 1.54) is 36.8 Å². The number of fused-ring (bicyclic) bond motifs is 1. The van der Waals surface area contributed by atoms with Crippen LogP contribution in [0.3, 0.4) is 0 Å². The molecule has 2 N–H and O–H groups in total. The molecular formula is C18H25N3. The van der Waals surface area contributed by atoms with E-state index in [0.29, 0.717) is 6.54 Å². The van der Waals surface area contributed by atoms with Gasteiger partial charge in [-0.2, -0.15) is 0 Å². The van der Waals surface area contributed by atoms with Crippen molar-refractivity contribution in [3.63, 3.8) is 0 Å². The van der Waals surface area contributed by atoms with Crippen molar-refractivity contribution in [1.29, 1.82) is 0 Å². The lowest BCUT2D eigenvalue weighted by atomic mass is 9.84. The second kappa shape index (κ2) is 6.54. The Labute approximate surface area is 127 Å². The quantitative estimate of drug-likeness (QED) is 0.884.